The average molecular weight is 487 g/mol. The lowest BCUT2D eigenvalue weighted by Crippen LogP contribution is -2.55. The molecule has 10 nitrogen and oxygen atoms in total. The lowest BCUT2D eigenvalue weighted by Gasteiger charge is -2.38. The van der Waals surface area contributed by atoms with Gasteiger partial charge in [0.05, 0.1) is 24.1 Å². The van der Waals surface area contributed by atoms with Crippen LogP contribution in [0.4, 0.5) is 5.88 Å². The highest BCUT2D eigenvalue weighted by Crippen LogP contribution is 2.29. The maximum atomic E-state index is 13.1. The van der Waals surface area contributed by atoms with E-state index in [4.69, 9.17) is 14.0 Å². The van der Waals surface area contributed by atoms with Gasteiger partial charge in [0.2, 0.25) is 21.8 Å². The number of aromatic nitrogens is 1. The molecule has 0 saturated carbocycles. The van der Waals surface area contributed by atoms with Crippen molar-refractivity contribution in [3.05, 3.63) is 11.8 Å². The van der Waals surface area contributed by atoms with E-state index in [1.54, 1.807) is 6.07 Å². The summed E-state index contributed by atoms with van der Waals surface area (Å²) in [6.07, 6.45) is 4.76. The highest BCUT2D eigenvalue weighted by Gasteiger charge is 2.41. The number of nitrogens with one attached hydrogen (secondary N) is 1. The lowest BCUT2D eigenvalue weighted by atomic mass is 9.90. The van der Waals surface area contributed by atoms with Crippen LogP contribution in [-0.4, -0.2) is 86.2 Å². The highest BCUT2D eigenvalue weighted by atomic mass is 32.2. The Kier molecular flexibility index (Phi) is 7.89. The molecule has 0 bridgehead atoms. The van der Waals surface area contributed by atoms with E-state index in [1.807, 2.05) is 39.6 Å². The van der Waals surface area contributed by atoms with E-state index in [1.165, 1.54) is 10.6 Å². The molecule has 2 unspecified atom stereocenters. The van der Waals surface area contributed by atoms with E-state index in [9.17, 15) is 13.2 Å². The summed E-state index contributed by atoms with van der Waals surface area (Å²) in [7, 11) is -1.40. The fourth-order valence-corrected chi connectivity index (χ4v) is 4.96. The number of nitrogens with zero attached hydrogens (tertiary/aromatic N) is 3. The number of likely N-dealkylation sites (N-methyl/N-ethyl adjacent to an activating group) is 1. The van der Waals surface area contributed by atoms with Crippen molar-refractivity contribution in [1.29, 1.82) is 0 Å². The number of amides is 1. The van der Waals surface area contributed by atoms with E-state index in [2.05, 4.69) is 10.5 Å². The van der Waals surface area contributed by atoms with Crippen molar-refractivity contribution in [2.45, 2.75) is 76.7 Å². The summed E-state index contributed by atoms with van der Waals surface area (Å²) in [4.78, 5) is 15.0. The zero-order valence-corrected chi connectivity index (χ0v) is 21.4. The summed E-state index contributed by atoms with van der Waals surface area (Å²) in [5.41, 5.74) is -0.625. The van der Waals surface area contributed by atoms with Crippen LogP contribution in [-0.2, 0) is 29.7 Å². The monoisotopic (exact) mass is 486 g/mol. The van der Waals surface area contributed by atoms with E-state index in [-0.39, 0.29) is 24.1 Å². The fraction of sp³-hybridized carbons (Fsp3) is 0.818. The number of sulfonamides is 1. The highest BCUT2D eigenvalue weighted by molar-refractivity contribution is 7.88. The molecule has 2 aliphatic heterocycles. The third kappa shape index (κ3) is 6.33. The van der Waals surface area contributed by atoms with Gasteiger partial charge >= 0.3 is 0 Å². The summed E-state index contributed by atoms with van der Waals surface area (Å²) >= 11 is 0. The Morgan fingerprint density at radius 2 is 2.03 bits per heavy atom. The molecular formula is C22H38N4O6S. The van der Waals surface area contributed by atoms with Crippen molar-refractivity contribution in [2.24, 2.45) is 0 Å². The molecule has 0 radical (unpaired) electrons. The molecule has 3 rings (SSSR count). The van der Waals surface area contributed by atoms with Gasteiger partial charge in [0.1, 0.15) is 0 Å². The number of rotatable bonds is 9. The van der Waals surface area contributed by atoms with Crippen molar-refractivity contribution in [3.8, 4) is 0 Å². The number of anilines is 1. The maximum absolute atomic E-state index is 13.1. The third-order valence-corrected chi connectivity index (χ3v) is 8.06. The number of hydrogen-bond donors (Lipinski definition) is 1. The number of ether oxygens (including phenoxy) is 2. The van der Waals surface area contributed by atoms with Crippen LogP contribution < -0.4 is 5.32 Å². The van der Waals surface area contributed by atoms with Gasteiger partial charge in [0, 0.05) is 37.2 Å². The average Bonchev–Trinajstić information content (AvgIpc) is 3.42. The van der Waals surface area contributed by atoms with Gasteiger partial charge in [-0.05, 0) is 46.6 Å². The van der Waals surface area contributed by atoms with Crippen molar-refractivity contribution < 1.29 is 27.2 Å². The first-order valence-electron chi connectivity index (χ1n) is 11.5. The van der Waals surface area contributed by atoms with Gasteiger partial charge in [0.25, 0.3) is 0 Å². The van der Waals surface area contributed by atoms with Crippen molar-refractivity contribution >= 4 is 21.8 Å². The molecule has 33 heavy (non-hydrogen) atoms. The zero-order valence-electron chi connectivity index (χ0n) is 20.6. The summed E-state index contributed by atoms with van der Waals surface area (Å²) in [6, 6.07) is 1.67. The summed E-state index contributed by atoms with van der Waals surface area (Å²) in [5, 5.41) is 6.97. The molecule has 3 heterocycles. The third-order valence-electron chi connectivity index (χ3n) is 6.79. The van der Waals surface area contributed by atoms with Crippen molar-refractivity contribution in [1.82, 2.24) is 14.4 Å². The van der Waals surface area contributed by atoms with Crippen LogP contribution in [0.25, 0.3) is 0 Å². The molecule has 0 aliphatic carbocycles. The second kappa shape index (κ2) is 9.99. The Morgan fingerprint density at radius 3 is 2.64 bits per heavy atom. The minimum Gasteiger partial charge on any atom is -0.353 e. The predicted molar refractivity (Wildman–Crippen MR) is 124 cm³/mol. The molecule has 0 spiro atoms. The van der Waals surface area contributed by atoms with E-state index in [0.717, 1.165) is 25.9 Å². The van der Waals surface area contributed by atoms with Crippen LogP contribution in [0.15, 0.2) is 10.6 Å². The molecule has 2 saturated heterocycles. The topological polar surface area (TPSA) is 114 Å². The van der Waals surface area contributed by atoms with Gasteiger partial charge in [0.15, 0.2) is 6.29 Å². The van der Waals surface area contributed by atoms with Crippen molar-refractivity contribution in [2.75, 3.05) is 44.9 Å². The zero-order chi connectivity index (χ0) is 24.4. The van der Waals surface area contributed by atoms with E-state index < -0.39 is 21.0 Å². The van der Waals surface area contributed by atoms with Crippen LogP contribution >= 0.6 is 0 Å². The van der Waals surface area contributed by atoms with Gasteiger partial charge in [-0.3, -0.25) is 15.0 Å². The molecule has 2 aliphatic rings. The summed E-state index contributed by atoms with van der Waals surface area (Å²) in [6.45, 7) is 9.61. The first-order valence-corrected chi connectivity index (χ1v) is 13.4. The summed E-state index contributed by atoms with van der Waals surface area (Å²) < 4.78 is 42.1. The van der Waals surface area contributed by atoms with Crippen LogP contribution in [0.5, 0.6) is 0 Å². The Morgan fingerprint density at radius 1 is 1.30 bits per heavy atom. The Hall–Kier alpha value is -1.53. The molecule has 1 N–H and O–H groups in total. The van der Waals surface area contributed by atoms with Gasteiger partial charge in [-0.1, -0.05) is 19.0 Å². The molecular weight excluding hydrogens is 448 g/mol. The smallest absolute Gasteiger partial charge is 0.246 e. The van der Waals surface area contributed by atoms with Crippen LogP contribution in [0.3, 0.4) is 0 Å². The standard InChI is InChI=1S/C22H38N4O6S/c1-21(2,15-31-19-9-7-8-12-30-19)17-13-18(32-24-17)23-20(27)22(3,4)25(5)16-10-11-26(14-16)33(6,28)29/h13,16,19H,7-12,14-15H2,1-6H3,(H,23,27). The largest absolute Gasteiger partial charge is 0.353 e. The van der Waals surface area contributed by atoms with E-state index in [0.29, 0.717) is 31.8 Å². The second-order valence-electron chi connectivity index (χ2n) is 10.3. The molecule has 11 heteroatoms. The second-order valence-corrected chi connectivity index (χ2v) is 12.2. The summed E-state index contributed by atoms with van der Waals surface area (Å²) in [5.74, 6) is 0.0119. The molecule has 1 amide bonds. The maximum Gasteiger partial charge on any atom is 0.246 e. The van der Waals surface area contributed by atoms with Crippen molar-refractivity contribution in [3.63, 3.8) is 0 Å². The minimum absolute atomic E-state index is 0.0520. The van der Waals surface area contributed by atoms with Gasteiger partial charge < -0.3 is 14.0 Å². The predicted octanol–water partition coefficient (Wildman–Crippen LogP) is 2.18. The quantitative estimate of drug-likeness (QED) is 0.565. The lowest BCUT2D eigenvalue weighted by molar-refractivity contribution is -0.170. The van der Waals surface area contributed by atoms with Gasteiger partial charge in [-0.2, -0.15) is 0 Å². The molecule has 0 aromatic carbocycles. The normalized spacial score (nSPS) is 23.2. The van der Waals surface area contributed by atoms with E-state index >= 15 is 0 Å². The molecule has 1 aromatic rings. The molecule has 2 fully saturated rings. The number of carbonyl (C=O) groups excluding carboxylic acids is 1. The SMILES string of the molecule is CN(C1CCN(S(C)(=O)=O)C1)C(C)(C)C(=O)Nc1cc(C(C)(C)COC2CCCCO2)no1. The van der Waals surface area contributed by atoms with Crippen LogP contribution in [0, 0.1) is 0 Å². The minimum atomic E-state index is -3.24. The van der Waals surface area contributed by atoms with Gasteiger partial charge in [-0.15, -0.1) is 0 Å². The Bertz CT molecular complexity index is 923. The molecule has 1 aromatic heterocycles. The Labute approximate surface area is 197 Å². The van der Waals surface area contributed by atoms with Gasteiger partial charge in [-0.25, -0.2) is 12.7 Å². The first kappa shape index (κ1) is 26.1. The molecule has 2 atom stereocenters. The number of hydrogen-bond acceptors (Lipinski definition) is 8. The van der Waals surface area contributed by atoms with Crippen LogP contribution in [0.2, 0.25) is 0 Å². The first-order chi connectivity index (χ1) is 15.3. The van der Waals surface area contributed by atoms with Crippen LogP contribution in [0.1, 0.15) is 59.1 Å². The molecule has 188 valence electrons. The fourth-order valence-electron chi connectivity index (χ4n) is 4.08. The number of carbonyl (C=O) groups is 1. The Balaban J connectivity index is 1.58.